The van der Waals surface area contributed by atoms with Crippen molar-refractivity contribution in [3.63, 3.8) is 0 Å². The Morgan fingerprint density at radius 1 is 1.16 bits per heavy atom. The highest BCUT2D eigenvalue weighted by Crippen LogP contribution is 2.43. The molecule has 0 fully saturated rings. The van der Waals surface area contributed by atoms with E-state index in [9.17, 15) is 18.0 Å². The van der Waals surface area contributed by atoms with Crippen LogP contribution in [0.25, 0.3) is 0 Å². The van der Waals surface area contributed by atoms with Crippen LogP contribution in [0.2, 0.25) is 10.0 Å². The number of benzene rings is 2. The predicted octanol–water partition coefficient (Wildman–Crippen LogP) is 5.78. The minimum absolute atomic E-state index is 0.111. The largest absolute Gasteiger partial charge is 0.410 e. The van der Waals surface area contributed by atoms with Crippen LogP contribution < -0.4 is 10.6 Å². The number of hydrogen-bond acceptors (Lipinski definition) is 3. The monoisotopic (exact) mass is 468 g/mol. The Hall–Kier alpha value is -2.71. The summed E-state index contributed by atoms with van der Waals surface area (Å²) in [5.74, 6) is -0.469. The molecule has 0 bridgehead atoms. The van der Waals surface area contributed by atoms with Gasteiger partial charge in [0.25, 0.3) is 5.91 Å². The van der Waals surface area contributed by atoms with Gasteiger partial charge in [0.15, 0.2) is 11.7 Å². The van der Waals surface area contributed by atoms with Crippen LogP contribution in [-0.4, -0.2) is 21.9 Å². The first kappa shape index (κ1) is 21.5. The quantitative estimate of drug-likeness (QED) is 0.510. The van der Waals surface area contributed by atoms with Crippen LogP contribution in [0.15, 0.2) is 54.6 Å². The summed E-state index contributed by atoms with van der Waals surface area (Å²) in [6.45, 7) is 0.129. The fourth-order valence-corrected chi connectivity index (χ4v) is 3.83. The van der Waals surface area contributed by atoms with E-state index in [1.165, 1.54) is 6.07 Å². The molecule has 5 nitrogen and oxygen atoms in total. The average Bonchev–Trinajstić information content (AvgIpc) is 3.16. The van der Waals surface area contributed by atoms with Crippen molar-refractivity contribution in [2.75, 3.05) is 5.32 Å². The summed E-state index contributed by atoms with van der Waals surface area (Å²) in [6, 6.07) is 12.4. The highest BCUT2D eigenvalue weighted by Gasteiger charge is 2.46. The van der Waals surface area contributed by atoms with Gasteiger partial charge >= 0.3 is 6.18 Å². The van der Waals surface area contributed by atoms with Crippen LogP contribution in [0.1, 0.15) is 40.1 Å². The molecule has 4 rings (SSSR count). The van der Waals surface area contributed by atoms with Gasteiger partial charge in [0, 0.05) is 29.1 Å². The maximum atomic E-state index is 13.8. The maximum absolute atomic E-state index is 13.8. The third-order valence-electron chi connectivity index (χ3n) is 5.09. The first-order chi connectivity index (χ1) is 14.7. The van der Waals surface area contributed by atoms with Gasteiger partial charge in [0.2, 0.25) is 0 Å². The molecule has 2 atom stereocenters. The first-order valence-corrected chi connectivity index (χ1v) is 10.2. The second-order valence-corrected chi connectivity index (χ2v) is 8.02. The third-order valence-corrected chi connectivity index (χ3v) is 5.71. The van der Waals surface area contributed by atoms with Crippen LogP contribution in [-0.2, 0) is 6.54 Å². The van der Waals surface area contributed by atoms with Crippen molar-refractivity contribution in [1.29, 1.82) is 0 Å². The fraction of sp³-hybridized carbons (Fsp3) is 0.238. The molecule has 0 spiro atoms. The van der Waals surface area contributed by atoms with Crippen molar-refractivity contribution in [2.45, 2.75) is 31.2 Å². The lowest BCUT2D eigenvalue weighted by Gasteiger charge is -2.33. The van der Waals surface area contributed by atoms with Crippen LogP contribution in [0.4, 0.5) is 19.0 Å². The Balaban J connectivity index is 1.58. The van der Waals surface area contributed by atoms with Crippen molar-refractivity contribution in [3.8, 4) is 0 Å². The van der Waals surface area contributed by atoms with Gasteiger partial charge in [-0.2, -0.15) is 18.3 Å². The van der Waals surface area contributed by atoms with Crippen molar-refractivity contribution in [3.05, 3.63) is 81.5 Å². The number of amides is 1. The molecule has 3 aromatic rings. The van der Waals surface area contributed by atoms with Crippen LogP contribution in [0.5, 0.6) is 0 Å². The summed E-state index contributed by atoms with van der Waals surface area (Å²) in [4.78, 5) is 12.5. The normalized spacial score (nSPS) is 18.2. The van der Waals surface area contributed by atoms with E-state index >= 15 is 0 Å². The number of fused-ring (bicyclic) bond motifs is 1. The van der Waals surface area contributed by atoms with Crippen molar-refractivity contribution in [1.82, 2.24) is 15.1 Å². The lowest BCUT2D eigenvalue weighted by Crippen LogP contribution is -2.35. The Morgan fingerprint density at radius 3 is 2.55 bits per heavy atom. The summed E-state index contributed by atoms with van der Waals surface area (Å²) in [5.41, 5.74) is 1.24. The number of hydrogen-bond donors (Lipinski definition) is 2. The minimum atomic E-state index is -4.53. The highest BCUT2D eigenvalue weighted by molar-refractivity contribution is 6.31. The van der Waals surface area contributed by atoms with Crippen LogP contribution in [0, 0.1) is 0 Å². The number of nitrogens with zero attached hydrogens (tertiary/aromatic N) is 2. The molecule has 162 valence electrons. The Kier molecular flexibility index (Phi) is 5.85. The minimum Gasteiger partial charge on any atom is -0.363 e. The van der Waals surface area contributed by atoms with Gasteiger partial charge in [-0.25, -0.2) is 4.68 Å². The molecular formula is C21H17Cl2F3N4O. The molecule has 0 saturated carbocycles. The van der Waals surface area contributed by atoms with E-state index in [0.717, 1.165) is 4.68 Å². The standard InChI is InChI=1S/C21H17Cl2F3N4O/c22-14-7-5-12(6-8-14)16-9-18(21(24,25)26)30-19(28-16)10-17(29-30)20(31)27-11-13-3-1-2-4-15(13)23/h1-8,10,16,18,28H,9,11H2,(H,27,31)/t16-,18+/m0/s1. The molecule has 0 radical (unpaired) electrons. The summed E-state index contributed by atoms with van der Waals surface area (Å²) in [7, 11) is 0. The smallest absolute Gasteiger partial charge is 0.363 e. The molecule has 1 amide bonds. The van der Waals surface area contributed by atoms with Crippen molar-refractivity contribution >= 4 is 34.9 Å². The zero-order valence-electron chi connectivity index (χ0n) is 16.0. The summed E-state index contributed by atoms with van der Waals surface area (Å²) < 4.78 is 42.1. The molecule has 2 N–H and O–H groups in total. The number of aromatic nitrogens is 2. The van der Waals surface area contributed by atoms with E-state index < -0.39 is 24.2 Å². The summed E-state index contributed by atoms with van der Waals surface area (Å²) in [5, 5.41) is 10.6. The fourth-order valence-electron chi connectivity index (χ4n) is 3.51. The third kappa shape index (κ3) is 4.65. The number of anilines is 1. The summed E-state index contributed by atoms with van der Waals surface area (Å²) >= 11 is 12.0. The molecule has 1 aliphatic heterocycles. The number of halogens is 5. The number of nitrogens with one attached hydrogen (secondary N) is 2. The van der Waals surface area contributed by atoms with E-state index in [-0.39, 0.29) is 24.5 Å². The number of carbonyl (C=O) groups is 1. The highest BCUT2D eigenvalue weighted by atomic mass is 35.5. The lowest BCUT2D eigenvalue weighted by atomic mass is 9.97. The van der Waals surface area contributed by atoms with Gasteiger partial charge in [-0.1, -0.05) is 53.5 Å². The summed E-state index contributed by atoms with van der Waals surface area (Å²) in [6.07, 6.45) is -4.79. The lowest BCUT2D eigenvalue weighted by molar-refractivity contribution is -0.173. The Morgan fingerprint density at radius 2 is 1.87 bits per heavy atom. The van der Waals surface area contributed by atoms with Gasteiger partial charge < -0.3 is 10.6 Å². The maximum Gasteiger partial charge on any atom is 0.410 e. The zero-order valence-corrected chi connectivity index (χ0v) is 17.5. The second-order valence-electron chi connectivity index (χ2n) is 7.18. The molecular weight excluding hydrogens is 452 g/mol. The molecule has 31 heavy (non-hydrogen) atoms. The predicted molar refractivity (Wildman–Crippen MR) is 112 cm³/mol. The van der Waals surface area contributed by atoms with E-state index in [1.54, 1.807) is 48.5 Å². The van der Waals surface area contributed by atoms with E-state index in [1.807, 2.05) is 0 Å². The van der Waals surface area contributed by atoms with Crippen LogP contribution in [0.3, 0.4) is 0 Å². The SMILES string of the molecule is O=C(NCc1ccccc1Cl)c1cc2n(n1)[C@@H](C(F)(F)F)C[C@@H](c1ccc(Cl)cc1)N2. The topological polar surface area (TPSA) is 59.0 Å². The van der Waals surface area contributed by atoms with Gasteiger partial charge in [-0.3, -0.25) is 4.79 Å². The first-order valence-electron chi connectivity index (χ1n) is 9.42. The molecule has 0 unspecified atom stereocenters. The van der Waals surface area contributed by atoms with Crippen molar-refractivity contribution < 1.29 is 18.0 Å². The zero-order chi connectivity index (χ0) is 22.2. The molecule has 1 aromatic heterocycles. The molecule has 0 saturated heterocycles. The Labute approximate surface area is 186 Å². The molecule has 1 aliphatic rings. The second kappa shape index (κ2) is 8.43. The van der Waals surface area contributed by atoms with Crippen LogP contribution >= 0.6 is 23.2 Å². The van der Waals surface area contributed by atoms with E-state index in [2.05, 4.69) is 15.7 Å². The Bertz CT molecular complexity index is 1100. The molecule has 2 aromatic carbocycles. The average molecular weight is 469 g/mol. The van der Waals surface area contributed by atoms with Gasteiger partial charge in [0.05, 0.1) is 6.04 Å². The number of carbonyl (C=O) groups excluding carboxylic acids is 1. The molecule has 2 heterocycles. The van der Waals surface area contributed by atoms with Crippen molar-refractivity contribution in [2.24, 2.45) is 0 Å². The van der Waals surface area contributed by atoms with Gasteiger partial charge in [-0.05, 0) is 29.3 Å². The number of alkyl halides is 3. The van der Waals surface area contributed by atoms with Gasteiger partial charge in [-0.15, -0.1) is 0 Å². The molecule has 0 aliphatic carbocycles. The van der Waals surface area contributed by atoms with Gasteiger partial charge in [0.1, 0.15) is 5.82 Å². The van der Waals surface area contributed by atoms with E-state index in [4.69, 9.17) is 23.2 Å². The molecule has 10 heteroatoms. The number of rotatable bonds is 4. The van der Waals surface area contributed by atoms with E-state index in [0.29, 0.717) is 21.2 Å².